The summed E-state index contributed by atoms with van der Waals surface area (Å²) in [5.74, 6) is -0.967. The molecular formula is C20H24N2O6. The number of carbonyl (C=O) groups is 3. The Labute approximate surface area is 163 Å². The topological polar surface area (TPSA) is 107 Å². The number of amides is 1. The van der Waals surface area contributed by atoms with Gasteiger partial charge < -0.3 is 24.5 Å². The van der Waals surface area contributed by atoms with Crippen molar-refractivity contribution in [2.45, 2.75) is 20.8 Å². The second-order valence-electron chi connectivity index (χ2n) is 5.93. The molecule has 0 fully saturated rings. The molecule has 8 heteroatoms. The fourth-order valence-corrected chi connectivity index (χ4v) is 2.59. The maximum Gasteiger partial charge on any atom is 0.355 e. The van der Waals surface area contributed by atoms with Crippen LogP contribution in [0.1, 0.15) is 39.0 Å². The Morgan fingerprint density at radius 3 is 2.43 bits per heavy atom. The Bertz CT molecular complexity index is 829. The molecule has 0 aliphatic heterocycles. The molecule has 2 N–H and O–H groups in total. The van der Waals surface area contributed by atoms with Gasteiger partial charge in [-0.25, -0.2) is 9.59 Å². The molecule has 0 radical (unpaired) electrons. The van der Waals surface area contributed by atoms with Crippen LogP contribution in [-0.4, -0.2) is 49.2 Å². The first-order chi connectivity index (χ1) is 13.4. The second kappa shape index (κ2) is 10.1. The molecule has 8 nitrogen and oxygen atoms in total. The molecule has 0 spiro atoms. The van der Waals surface area contributed by atoms with Gasteiger partial charge in [0.15, 0.2) is 6.61 Å². The van der Waals surface area contributed by atoms with E-state index in [9.17, 15) is 14.4 Å². The highest BCUT2D eigenvalue weighted by Crippen LogP contribution is 2.19. The number of aromatic amines is 1. The Hall–Kier alpha value is -3.29. The zero-order chi connectivity index (χ0) is 20.5. The van der Waals surface area contributed by atoms with E-state index < -0.39 is 24.5 Å². The molecule has 1 heterocycles. The number of para-hydroxylation sites is 1. The van der Waals surface area contributed by atoms with E-state index >= 15 is 0 Å². The van der Waals surface area contributed by atoms with Gasteiger partial charge in [-0.15, -0.1) is 0 Å². The minimum atomic E-state index is -0.716. The lowest BCUT2D eigenvalue weighted by Gasteiger charge is -2.08. The normalized spacial score (nSPS) is 10.2. The Balaban J connectivity index is 1.79. The van der Waals surface area contributed by atoms with Gasteiger partial charge in [-0.05, 0) is 38.5 Å². The molecule has 1 aromatic heterocycles. The van der Waals surface area contributed by atoms with E-state index in [2.05, 4.69) is 10.3 Å². The van der Waals surface area contributed by atoms with Crippen molar-refractivity contribution < 1.29 is 28.6 Å². The lowest BCUT2D eigenvalue weighted by atomic mass is 10.1. The first kappa shape index (κ1) is 21.0. The highest BCUT2D eigenvalue weighted by molar-refractivity contribution is 5.99. The van der Waals surface area contributed by atoms with Gasteiger partial charge in [-0.3, -0.25) is 4.79 Å². The van der Waals surface area contributed by atoms with Gasteiger partial charge in [-0.2, -0.15) is 0 Å². The van der Waals surface area contributed by atoms with Gasteiger partial charge in [0.2, 0.25) is 0 Å². The van der Waals surface area contributed by atoms with Crippen molar-refractivity contribution in [1.82, 2.24) is 10.3 Å². The lowest BCUT2D eigenvalue weighted by Crippen LogP contribution is -2.32. The molecular weight excluding hydrogens is 364 g/mol. The standard InChI is InChI=1S/C20H24N2O6/c1-4-26-19(24)17-13(2)18(22-14(17)3)20(25)28-12-16(23)21-10-11-27-15-8-6-5-7-9-15/h5-9,22H,4,10-12H2,1-3H3,(H,21,23). The fraction of sp³-hybridized carbons (Fsp3) is 0.350. The van der Waals surface area contributed by atoms with Crippen molar-refractivity contribution >= 4 is 17.8 Å². The number of nitrogens with one attached hydrogen (secondary N) is 2. The van der Waals surface area contributed by atoms with E-state index in [-0.39, 0.29) is 18.8 Å². The monoisotopic (exact) mass is 388 g/mol. The van der Waals surface area contributed by atoms with Crippen LogP contribution >= 0.6 is 0 Å². The van der Waals surface area contributed by atoms with Gasteiger partial charge in [0.1, 0.15) is 18.1 Å². The number of benzene rings is 1. The maximum atomic E-state index is 12.2. The predicted molar refractivity (Wildman–Crippen MR) is 101 cm³/mol. The maximum absolute atomic E-state index is 12.2. The summed E-state index contributed by atoms with van der Waals surface area (Å²) < 4.78 is 15.5. The van der Waals surface area contributed by atoms with Crippen molar-refractivity contribution in [2.75, 3.05) is 26.4 Å². The van der Waals surface area contributed by atoms with Crippen molar-refractivity contribution in [3.05, 3.63) is 52.8 Å². The van der Waals surface area contributed by atoms with Crippen molar-refractivity contribution in [3.8, 4) is 5.75 Å². The molecule has 2 aromatic rings. The summed E-state index contributed by atoms with van der Waals surface area (Å²) in [6.07, 6.45) is 0. The molecule has 0 aliphatic carbocycles. The predicted octanol–water partition coefficient (Wildman–Crippen LogP) is 2.16. The fourth-order valence-electron chi connectivity index (χ4n) is 2.59. The number of aromatic nitrogens is 1. The van der Waals surface area contributed by atoms with Crippen LogP contribution in [-0.2, 0) is 14.3 Å². The zero-order valence-electron chi connectivity index (χ0n) is 16.2. The minimum absolute atomic E-state index is 0.126. The third kappa shape index (κ3) is 5.60. The number of carbonyl (C=O) groups excluding carboxylic acids is 3. The summed E-state index contributed by atoms with van der Waals surface area (Å²) in [5.41, 5.74) is 1.36. The number of aryl methyl sites for hydroxylation is 1. The van der Waals surface area contributed by atoms with Crippen molar-refractivity contribution in [1.29, 1.82) is 0 Å². The quantitative estimate of drug-likeness (QED) is 0.504. The number of ether oxygens (including phenoxy) is 3. The van der Waals surface area contributed by atoms with Crippen LogP contribution in [0.4, 0.5) is 0 Å². The Morgan fingerprint density at radius 2 is 1.75 bits per heavy atom. The number of hydrogen-bond acceptors (Lipinski definition) is 6. The minimum Gasteiger partial charge on any atom is -0.492 e. The molecule has 1 aromatic carbocycles. The third-order valence-corrected chi connectivity index (χ3v) is 3.89. The molecule has 0 aliphatic rings. The molecule has 0 saturated heterocycles. The molecule has 28 heavy (non-hydrogen) atoms. The van der Waals surface area contributed by atoms with Gasteiger partial charge in [-0.1, -0.05) is 18.2 Å². The highest BCUT2D eigenvalue weighted by atomic mass is 16.5. The molecule has 0 bridgehead atoms. The second-order valence-corrected chi connectivity index (χ2v) is 5.93. The van der Waals surface area contributed by atoms with Crippen LogP contribution < -0.4 is 10.1 Å². The smallest absolute Gasteiger partial charge is 0.355 e. The van der Waals surface area contributed by atoms with Crippen LogP contribution in [0.15, 0.2) is 30.3 Å². The van der Waals surface area contributed by atoms with E-state index in [4.69, 9.17) is 14.2 Å². The Kier molecular flexibility index (Phi) is 7.62. The molecule has 0 saturated carbocycles. The van der Waals surface area contributed by atoms with Crippen LogP contribution in [0.25, 0.3) is 0 Å². The average molecular weight is 388 g/mol. The SMILES string of the molecule is CCOC(=O)c1c(C)[nH]c(C(=O)OCC(=O)NCCOc2ccccc2)c1C. The first-order valence-electron chi connectivity index (χ1n) is 8.92. The largest absolute Gasteiger partial charge is 0.492 e. The summed E-state index contributed by atoms with van der Waals surface area (Å²) in [7, 11) is 0. The van der Waals surface area contributed by atoms with Crippen molar-refractivity contribution in [2.24, 2.45) is 0 Å². The molecule has 1 amide bonds. The average Bonchev–Trinajstić information content (AvgIpc) is 2.98. The summed E-state index contributed by atoms with van der Waals surface area (Å²) in [5, 5.41) is 2.60. The van der Waals surface area contributed by atoms with Crippen LogP contribution in [0.2, 0.25) is 0 Å². The summed E-state index contributed by atoms with van der Waals surface area (Å²) in [6.45, 7) is 5.35. The Morgan fingerprint density at radius 1 is 1.04 bits per heavy atom. The van der Waals surface area contributed by atoms with Gasteiger partial charge in [0.05, 0.1) is 18.7 Å². The van der Waals surface area contributed by atoms with Crippen LogP contribution in [0.5, 0.6) is 5.75 Å². The number of hydrogen-bond donors (Lipinski definition) is 2. The van der Waals surface area contributed by atoms with E-state index in [1.165, 1.54) is 0 Å². The summed E-state index contributed by atoms with van der Waals surface area (Å²) in [6, 6.07) is 9.21. The van der Waals surface area contributed by atoms with Crippen molar-refractivity contribution in [3.63, 3.8) is 0 Å². The molecule has 2 rings (SSSR count). The lowest BCUT2D eigenvalue weighted by molar-refractivity contribution is -0.124. The van der Waals surface area contributed by atoms with E-state index in [1.807, 2.05) is 30.3 Å². The summed E-state index contributed by atoms with van der Waals surface area (Å²) in [4.78, 5) is 38.8. The van der Waals surface area contributed by atoms with Gasteiger partial charge in [0, 0.05) is 5.69 Å². The zero-order valence-corrected chi connectivity index (χ0v) is 16.2. The molecule has 0 unspecified atom stereocenters. The van der Waals surface area contributed by atoms with Crippen LogP contribution in [0, 0.1) is 13.8 Å². The van der Waals surface area contributed by atoms with Gasteiger partial charge in [0.25, 0.3) is 5.91 Å². The number of H-pyrrole nitrogens is 1. The molecule has 0 atom stereocenters. The van der Waals surface area contributed by atoms with E-state index in [0.717, 1.165) is 0 Å². The highest BCUT2D eigenvalue weighted by Gasteiger charge is 2.24. The molecule has 150 valence electrons. The van der Waals surface area contributed by atoms with E-state index in [1.54, 1.807) is 20.8 Å². The third-order valence-electron chi connectivity index (χ3n) is 3.89. The van der Waals surface area contributed by atoms with Gasteiger partial charge >= 0.3 is 11.9 Å². The number of rotatable bonds is 9. The van der Waals surface area contributed by atoms with E-state index in [0.29, 0.717) is 29.2 Å². The first-order valence-corrected chi connectivity index (χ1v) is 8.92. The number of esters is 2. The summed E-state index contributed by atoms with van der Waals surface area (Å²) >= 11 is 0. The van der Waals surface area contributed by atoms with Crippen LogP contribution in [0.3, 0.4) is 0 Å².